The number of piperazine rings is 1. The summed E-state index contributed by atoms with van der Waals surface area (Å²) in [6.45, 7) is 6.10. The molecule has 1 aliphatic rings. The monoisotopic (exact) mass is 531 g/mol. The molecule has 6 nitrogen and oxygen atoms in total. The maximum Gasteiger partial charge on any atom is 0.305 e. The van der Waals surface area contributed by atoms with Gasteiger partial charge in [-0.25, -0.2) is 4.98 Å². The van der Waals surface area contributed by atoms with Gasteiger partial charge in [0.15, 0.2) is 0 Å². The van der Waals surface area contributed by atoms with Gasteiger partial charge < -0.3 is 9.80 Å². The first-order valence-electron chi connectivity index (χ1n) is 10.7. The molecule has 184 valence electrons. The molecule has 0 radical (unpaired) electrons. The normalized spacial score (nSPS) is 19.7. The van der Waals surface area contributed by atoms with E-state index in [-0.39, 0.29) is 33.5 Å². The van der Waals surface area contributed by atoms with Crippen LogP contribution in [0.5, 0.6) is 0 Å². The number of nitrogens with zero attached hydrogens (tertiary/aromatic N) is 3. The van der Waals surface area contributed by atoms with Gasteiger partial charge in [0.25, 0.3) is 5.91 Å². The summed E-state index contributed by atoms with van der Waals surface area (Å²) in [5.41, 5.74) is 0.282. The Morgan fingerprint density at radius 1 is 1.15 bits per heavy atom. The fraction of sp³-hybridized carbons (Fsp3) is 0.435. The van der Waals surface area contributed by atoms with E-state index in [2.05, 4.69) is 9.88 Å². The van der Waals surface area contributed by atoms with Crippen LogP contribution in [0.25, 0.3) is 0 Å². The zero-order valence-corrected chi connectivity index (χ0v) is 21.3. The lowest BCUT2D eigenvalue weighted by molar-refractivity contribution is -0.140. The Hall–Kier alpha value is -2.10. The van der Waals surface area contributed by atoms with E-state index in [0.717, 1.165) is 5.82 Å². The molecule has 0 saturated carbocycles. The smallest absolute Gasteiger partial charge is 0.305 e. The van der Waals surface area contributed by atoms with Crippen molar-refractivity contribution in [3.8, 4) is 0 Å². The van der Waals surface area contributed by atoms with Gasteiger partial charge in [0, 0.05) is 48.4 Å². The van der Waals surface area contributed by atoms with E-state index in [1.807, 2.05) is 13.8 Å². The summed E-state index contributed by atoms with van der Waals surface area (Å²) in [5, 5.41) is 0.565. The third-order valence-corrected chi connectivity index (χ3v) is 8.09. The fourth-order valence-corrected chi connectivity index (χ4v) is 5.48. The molecule has 2 heterocycles. The summed E-state index contributed by atoms with van der Waals surface area (Å²) in [7, 11) is -2.05. The highest BCUT2D eigenvalue weighted by atomic mass is 35.5. The number of carbonyl (C=O) groups excluding carboxylic acids is 2. The number of halogens is 4. The number of ketones is 1. The van der Waals surface area contributed by atoms with E-state index >= 15 is 0 Å². The first-order valence-corrected chi connectivity index (χ1v) is 12.8. The zero-order chi connectivity index (χ0) is 25.2. The lowest BCUT2D eigenvalue weighted by Crippen LogP contribution is -2.59. The van der Waals surface area contributed by atoms with Crippen LogP contribution in [-0.2, 0) is 15.6 Å². The zero-order valence-electron chi connectivity index (χ0n) is 18.9. The van der Waals surface area contributed by atoms with E-state index in [1.165, 1.54) is 25.1 Å². The molecule has 3 rings (SSSR count). The second kappa shape index (κ2) is 10.7. The van der Waals surface area contributed by atoms with Crippen molar-refractivity contribution in [1.82, 2.24) is 9.88 Å². The van der Waals surface area contributed by atoms with E-state index < -0.39 is 34.7 Å². The van der Waals surface area contributed by atoms with Gasteiger partial charge in [0.1, 0.15) is 5.82 Å². The highest BCUT2D eigenvalue weighted by Crippen LogP contribution is 2.28. The molecule has 34 heavy (non-hydrogen) atoms. The number of aromatic nitrogens is 1. The van der Waals surface area contributed by atoms with Crippen LogP contribution in [0.1, 0.15) is 37.6 Å². The molecule has 1 fully saturated rings. The van der Waals surface area contributed by atoms with Crippen LogP contribution in [0, 0.1) is 0 Å². The number of pyridine rings is 1. The first kappa shape index (κ1) is 26.5. The molecular formula is C23H25Cl2F2N3O3S. The lowest BCUT2D eigenvalue weighted by Gasteiger charge is -2.45. The molecule has 2 unspecified atom stereocenters. The molecular weight excluding hydrogens is 507 g/mol. The number of alkyl halides is 2. The predicted molar refractivity (Wildman–Crippen MR) is 130 cm³/mol. The minimum Gasteiger partial charge on any atom is -0.350 e. The standard InChI is InChI=1S/C23H25Cl2F2N3O3S/c1-4-23(26,27)20(31)13-34(33)19-6-5-16(11-18(19)25)22(32)30-10-9-29(14(2)15(30)3)21-12-17(24)7-8-28-21/h5-8,11-12,14-15H,4,9-10,13H2,1-3H3/t14?,15-,34?/m0/s1. The number of anilines is 1. The second-order valence-electron chi connectivity index (χ2n) is 8.12. The predicted octanol–water partition coefficient (Wildman–Crippen LogP) is 4.85. The quantitative estimate of drug-likeness (QED) is 0.510. The molecule has 0 spiro atoms. The number of amides is 1. The first-order chi connectivity index (χ1) is 16.0. The summed E-state index contributed by atoms with van der Waals surface area (Å²) in [6, 6.07) is 7.44. The minimum atomic E-state index is -3.53. The summed E-state index contributed by atoms with van der Waals surface area (Å²) in [5.74, 6) is -5.31. The van der Waals surface area contributed by atoms with Crippen molar-refractivity contribution in [3.63, 3.8) is 0 Å². The number of rotatable bonds is 7. The topological polar surface area (TPSA) is 70.6 Å². The van der Waals surface area contributed by atoms with Gasteiger partial charge in [0.05, 0.1) is 26.5 Å². The van der Waals surface area contributed by atoms with Crippen molar-refractivity contribution in [2.24, 2.45) is 0 Å². The summed E-state index contributed by atoms with van der Waals surface area (Å²) < 4.78 is 39.6. The van der Waals surface area contributed by atoms with Crippen molar-refractivity contribution < 1.29 is 22.6 Å². The van der Waals surface area contributed by atoms with Gasteiger partial charge >= 0.3 is 5.92 Å². The van der Waals surface area contributed by atoms with Crippen molar-refractivity contribution >= 4 is 51.5 Å². The highest BCUT2D eigenvalue weighted by Gasteiger charge is 2.38. The van der Waals surface area contributed by atoms with Crippen molar-refractivity contribution in [2.45, 2.75) is 50.1 Å². The number of hydrogen-bond donors (Lipinski definition) is 0. The van der Waals surface area contributed by atoms with Gasteiger partial charge in [-0.05, 0) is 44.2 Å². The largest absolute Gasteiger partial charge is 0.350 e. The van der Waals surface area contributed by atoms with Crippen LogP contribution in [0.2, 0.25) is 10.0 Å². The van der Waals surface area contributed by atoms with Gasteiger partial charge in [0.2, 0.25) is 5.78 Å². The van der Waals surface area contributed by atoms with E-state index in [9.17, 15) is 22.6 Å². The maximum absolute atomic E-state index is 13.5. The fourth-order valence-electron chi connectivity index (χ4n) is 3.79. The van der Waals surface area contributed by atoms with Gasteiger partial charge in [-0.2, -0.15) is 8.78 Å². The van der Waals surface area contributed by atoms with Crippen LogP contribution in [0.4, 0.5) is 14.6 Å². The van der Waals surface area contributed by atoms with E-state index in [0.29, 0.717) is 18.1 Å². The summed E-state index contributed by atoms with van der Waals surface area (Å²) in [4.78, 5) is 33.2. The summed E-state index contributed by atoms with van der Waals surface area (Å²) >= 11 is 12.3. The van der Waals surface area contributed by atoms with Crippen molar-refractivity contribution in [3.05, 3.63) is 52.1 Å². The lowest BCUT2D eigenvalue weighted by atomic mass is 10.0. The van der Waals surface area contributed by atoms with Crippen LogP contribution in [0.3, 0.4) is 0 Å². The highest BCUT2D eigenvalue weighted by molar-refractivity contribution is 7.86. The Kier molecular flexibility index (Phi) is 8.31. The molecule has 1 saturated heterocycles. The molecule has 0 aliphatic carbocycles. The molecule has 1 aromatic carbocycles. The average molecular weight is 532 g/mol. The van der Waals surface area contributed by atoms with Gasteiger partial charge in [-0.1, -0.05) is 30.1 Å². The van der Waals surface area contributed by atoms with Crippen LogP contribution in [-0.4, -0.2) is 62.6 Å². The molecule has 11 heteroatoms. The van der Waals surface area contributed by atoms with Crippen LogP contribution >= 0.6 is 23.2 Å². The Balaban J connectivity index is 1.73. The Labute approximate surface area is 209 Å². The maximum atomic E-state index is 13.5. The number of benzene rings is 1. The number of carbonyl (C=O) groups is 2. The third-order valence-electron chi connectivity index (χ3n) is 6.06. The molecule has 1 aliphatic heterocycles. The van der Waals surface area contributed by atoms with Crippen molar-refractivity contribution in [2.75, 3.05) is 23.7 Å². The molecule has 0 N–H and O–H groups in total. The molecule has 0 bridgehead atoms. The molecule has 1 aromatic heterocycles. The summed E-state index contributed by atoms with van der Waals surface area (Å²) in [6.07, 6.45) is 0.971. The Morgan fingerprint density at radius 2 is 1.85 bits per heavy atom. The van der Waals surface area contributed by atoms with E-state index in [4.69, 9.17) is 23.2 Å². The molecule has 2 aromatic rings. The minimum absolute atomic E-state index is 0.0146. The van der Waals surface area contributed by atoms with Crippen LogP contribution in [0.15, 0.2) is 41.4 Å². The van der Waals surface area contributed by atoms with Crippen molar-refractivity contribution in [1.29, 1.82) is 0 Å². The number of hydrogen-bond acceptors (Lipinski definition) is 5. The average Bonchev–Trinajstić information content (AvgIpc) is 2.80. The van der Waals surface area contributed by atoms with Gasteiger partial charge in [-0.3, -0.25) is 13.8 Å². The second-order valence-corrected chi connectivity index (χ2v) is 10.4. The Bertz CT molecular complexity index is 1120. The van der Waals surface area contributed by atoms with Crippen LogP contribution < -0.4 is 4.90 Å². The van der Waals surface area contributed by atoms with Gasteiger partial charge in [-0.15, -0.1) is 0 Å². The molecule has 1 amide bonds. The SMILES string of the molecule is CCC(F)(F)C(=O)CS(=O)c1ccc(C(=O)N2CCN(c3cc(Cl)ccn3)C(C)[C@@H]2C)cc1Cl. The van der Waals surface area contributed by atoms with E-state index in [1.54, 1.807) is 23.2 Å². The molecule has 3 atom stereocenters. The number of Topliss-reactive ketones (excluding diaryl/α,β-unsaturated/α-hetero) is 1. The Morgan fingerprint density at radius 3 is 2.47 bits per heavy atom. The third kappa shape index (κ3) is 5.58.